The molecule has 1 fully saturated rings. The minimum absolute atomic E-state index is 0.296. The highest BCUT2D eigenvalue weighted by Gasteiger charge is 2.16. The molecule has 0 amide bonds. The molecule has 1 saturated heterocycles. The molecule has 0 spiro atoms. The van der Waals surface area contributed by atoms with Crippen LogP contribution in [0.15, 0.2) is 35.5 Å². The van der Waals surface area contributed by atoms with E-state index in [1.165, 1.54) is 11.1 Å². The van der Waals surface area contributed by atoms with Crippen molar-refractivity contribution in [1.29, 1.82) is 0 Å². The molecule has 5 nitrogen and oxygen atoms in total. The molecule has 3 rings (SSSR count). The summed E-state index contributed by atoms with van der Waals surface area (Å²) >= 11 is 1.62. The van der Waals surface area contributed by atoms with Gasteiger partial charge in [0, 0.05) is 31.0 Å². The minimum Gasteiger partial charge on any atom is -0.383 e. The molecular formula is C18H25N5S. The van der Waals surface area contributed by atoms with Crippen LogP contribution in [-0.4, -0.2) is 29.1 Å². The zero-order valence-electron chi connectivity index (χ0n) is 14.1. The third-order valence-corrected chi connectivity index (χ3v) is 5.22. The van der Waals surface area contributed by atoms with Crippen LogP contribution in [0.4, 0.5) is 11.6 Å². The molecule has 0 bridgehead atoms. The number of aromatic nitrogens is 2. The molecule has 24 heavy (non-hydrogen) atoms. The molecule has 1 aliphatic heterocycles. The first-order chi connectivity index (χ1) is 11.6. The average molecular weight is 344 g/mol. The Balaban J connectivity index is 1.70. The van der Waals surface area contributed by atoms with Gasteiger partial charge in [0.15, 0.2) is 5.16 Å². The zero-order chi connectivity index (χ0) is 16.9. The number of nitrogen functional groups attached to an aromatic ring is 1. The monoisotopic (exact) mass is 343 g/mol. The Hall–Kier alpha value is -1.79. The van der Waals surface area contributed by atoms with E-state index in [-0.39, 0.29) is 0 Å². The third-order valence-electron chi connectivity index (χ3n) is 4.30. The second-order valence-electron chi connectivity index (χ2n) is 6.39. The normalized spacial score (nSPS) is 18.4. The van der Waals surface area contributed by atoms with Crippen LogP contribution in [-0.2, 0) is 5.75 Å². The lowest BCUT2D eigenvalue weighted by Gasteiger charge is -2.22. The number of nitrogens with zero attached hydrogens (tertiary/aromatic N) is 3. The maximum absolute atomic E-state index is 6.07. The summed E-state index contributed by atoms with van der Waals surface area (Å²) in [7, 11) is 0. The van der Waals surface area contributed by atoms with E-state index < -0.39 is 0 Å². The quantitative estimate of drug-likeness (QED) is 0.656. The van der Waals surface area contributed by atoms with Crippen LogP contribution >= 0.6 is 11.8 Å². The predicted octanol–water partition coefficient (Wildman–Crippen LogP) is 2.98. The highest BCUT2D eigenvalue weighted by Crippen LogP contribution is 2.25. The molecule has 4 N–H and O–H groups in total. The summed E-state index contributed by atoms with van der Waals surface area (Å²) in [6.45, 7) is 4.00. The fraction of sp³-hybridized carbons (Fsp3) is 0.444. The van der Waals surface area contributed by atoms with Crippen LogP contribution in [0, 0.1) is 6.92 Å². The van der Waals surface area contributed by atoms with Gasteiger partial charge in [-0.05, 0) is 31.7 Å². The maximum Gasteiger partial charge on any atom is 0.191 e. The van der Waals surface area contributed by atoms with Crippen molar-refractivity contribution in [2.75, 3.05) is 23.7 Å². The third kappa shape index (κ3) is 4.61. The average Bonchev–Trinajstić information content (AvgIpc) is 2.78. The van der Waals surface area contributed by atoms with Gasteiger partial charge in [0.2, 0.25) is 0 Å². The molecule has 0 saturated carbocycles. The molecule has 0 radical (unpaired) electrons. The fourth-order valence-corrected chi connectivity index (χ4v) is 3.66. The van der Waals surface area contributed by atoms with E-state index in [9.17, 15) is 0 Å². The Kier molecular flexibility index (Phi) is 5.58. The van der Waals surface area contributed by atoms with E-state index in [2.05, 4.69) is 41.1 Å². The summed E-state index contributed by atoms with van der Waals surface area (Å²) in [5, 5.41) is 0.735. The predicted molar refractivity (Wildman–Crippen MR) is 101 cm³/mol. The van der Waals surface area contributed by atoms with Crippen molar-refractivity contribution >= 4 is 23.4 Å². The van der Waals surface area contributed by atoms with Crippen molar-refractivity contribution in [2.45, 2.75) is 43.1 Å². The van der Waals surface area contributed by atoms with E-state index in [1.54, 1.807) is 11.8 Å². The molecule has 2 heterocycles. The minimum atomic E-state index is 0.296. The SMILES string of the molecule is Cc1ccc(CSc2nc(N)cc(N3CCC[C@H](N)CC3)n2)cc1. The molecule has 0 aliphatic carbocycles. The van der Waals surface area contributed by atoms with Crippen molar-refractivity contribution in [3.63, 3.8) is 0 Å². The van der Waals surface area contributed by atoms with Gasteiger partial charge in [0.05, 0.1) is 0 Å². The summed E-state index contributed by atoms with van der Waals surface area (Å²) in [4.78, 5) is 11.4. The summed E-state index contributed by atoms with van der Waals surface area (Å²) in [5.41, 5.74) is 14.6. The summed E-state index contributed by atoms with van der Waals surface area (Å²) < 4.78 is 0. The van der Waals surface area contributed by atoms with Gasteiger partial charge in [-0.2, -0.15) is 0 Å². The summed E-state index contributed by atoms with van der Waals surface area (Å²) in [6, 6.07) is 10.7. The Morgan fingerprint density at radius 3 is 2.75 bits per heavy atom. The summed E-state index contributed by atoms with van der Waals surface area (Å²) in [5.74, 6) is 2.29. The first-order valence-corrected chi connectivity index (χ1v) is 9.42. The number of hydrogen-bond acceptors (Lipinski definition) is 6. The highest BCUT2D eigenvalue weighted by molar-refractivity contribution is 7.98. The molecule has 1 aliphatic rings. The van der Waals surface area contributed by atoms with Gasteiger partial charge < -0.3 is 16.4 Å². The number of benzene rings is 1. The van der Waals surface area contributed by atoms with Crippen molar-refractivity contribution in [3.05, 3.63) is 41.5 Å². The van der Waals surface area contributed by atoms with E-state index in [0.29, 0.717) is 11.9 Å². The number of rotatable bonds is 4. The standard InChI is InChI=1S/C18H25N5S/c1-13-4-6-14(7-5-13)12-24-18-21-16(20)11-17(22-18)23-9-2-3-15(19)8-10-23/h4-7,11,15H,2-3,8-10,12,19H2,1H3,(H2,20,21,22)/t15-/m0/s1. The number of thioether (sulfide) groups is 1. The van der Waals surface area contributed by atoms with Crippen LogP contribution in [0.5, 0.6) is 0 Å². The van der Waals surface area contributed by atoms with Gasteiger partial charge in [0.1, 0.15) is 11.6 Å². The lowest BCUT2D eigenvalue weighted by atomic mass is 10.1. The first-order valence-electron chi connectivity index (χ1n) is 8.43. The van der Waals surface area contributed by atoms with Crippen molar-refractivity contribution in [1.82, 2.24) is 9.97 Å². The van der Waals surface area contributed by atoms with Gasteiger partial charge in [-0.15, -0.1) is 0 Å². The molecule has 0 unspecified atom stereocenters. The zero-order valence-corrected chi connectivity index (χ0v) is 14.9. The maximum atomic E-state index is 6.07. The summed E-state index contributed by atoms with van der Waals surface area (Å²) in [6.07, 6.45) is 3.17. The highest BCUT2D eigenvalue weighted by atomic mass is 32.2. The van der Waals surface area contributed by atoms with Crippen LogP contribution in [0.1, 0.15) is 30.4 Å². The molecule has 1 atom stereocenters. The molecule has 6 heteroatoms. The molecular weight excluding hydrogens is 318 g/mol. The van der Waals surface area contributed by atoms with Gasteiger partial charge >= 0.3 is 0 Å². The topological polar surface area (TPSA) is 81.1 Å². The van der Waals surface area contributed by atoms with Crippen molar-refractivity contribution in [3.8, 4) is 0 Å². The van der Waals surface area contributed by atoms with Gasteiger partial charge in [-0.1, -0.05) is 41.6 Å². The Bertz CT molecular complexity index is 674. The van der Waals surface area contributed by atoms with E-state index >= 15 is 0 Å². The van der Waals surface area contributed by atoms with Crippen molar-refractivity contribution in [2.24, 2.45) is 5.73 Å². The van der Waals surface area contributed by atoms with Crippen LogP contribution < -0.4 is 16.4 Å². The van der Waals surface area contributed by atoms with Crippen LogP contribution in [0.3, 0.4) is 0 Å². The first kappa shape index (κ1) is 17.0. The Morgan fingerprint density at radius 2 is 1.96 bits per heavy atom. The van der Waals surface area contributed by atoms with Crippen LogP contribution in [0.2, 0.25) is 0 Å². The molecule has 128 valence electrons. The Labute approximate surface area is 147 Å². The van der Waals surface area contributed by atoms with E-state index in [0.717, 1.165) is 49.1 Å². The van der Waals surface area contributed by atoms with Crippen LogP contribution in [0.25, 0.3) is 0 Å². The molecule has 2 aromatic rings. The number of hydrogen-bond donors (Lipinski definition) is 2. The smallest absolute Gasteiger partial charge is 0.191 e. The van der Waals surface area contributed by atoms with E-state index in [4.69, 9.17) is 16.5 Å². The second-order valence-corrected chi connectivity index (χ2v) is 7.33. The van der Waals surface area contributed by atoms with Gasteiger partial charge in [-0.25, -0.2) is 9.97 Å². The second kappa shape index (κ2) is 7.85. The van der Waals surface area contributed by atoms with Gasteiger partial charge in [-0.3, -0.25) is 0 Å². The van der Waals surface area contributed by atoms with Gasteiger partial charge in [0.25, 0.3) is 0 Å². The molecule has 1 aromatic carbocycles. The number of anilines is 2. The Morgan fingerprint density at radius 1 is 1.17 bits per heavy atom. The number of aryl methyl sites for hydroxylation is 1. The van der Waals surface area contributed by atoms with E-state index in [1.807, 2.05) is 6.07 Å². The lowest BCUT2D eigenvalue weighted by molar-refractivity contribution is 0.601. The lowest BCUT2D eigenvalue weighted by Crippen LogP contribution is -2.27. The fourth-order valence-electron chi connectivity index (χ4n) is 2.84. The largest absolute Gasteiger partial charge is 0.383 e. The van der Waals surface area contributed by atoms with Crippen molar-refractivity contribution < 1.29 is 0 Å². The number of nitrogens with two attached hydrogens (primary N) is 2. The molecule has 1 aromatic heterocycles.